The quantitative estimate of drug-likeness (QED) is 0.653. The van der Waals surface area contributed by atoms with Gasteiger partial charge in [0, 0.05) is 18.9 Å². The van der Waals surface area contributed by atoms with Crippen molar-refractivity contribution < 1.29 is 4.79 Å². The molecule has 0 aromatic carbocycles. The lowest BCUT2D eigenvalue weighted by atomic mass is 9.91. The van der Waals surface area contributed by atoms with Gasteiger partial charge in [-0.2, -0.15) is 0 Å². The number of imidazole rings is 1. The van der Waals surface area contributed by atoms with E-state index in [1.165, 1.54) is 17.7 Å². The second-order valence-corrected chi connectivity index (χ2v) is 8.32. The number of pyridine rings is 2. The van der Waals surface area contributed by atoms with Gasteiger partial charge in [0.25, 0.3) is 0 Å². The van der Waals surface area contributed by atoms with Crippen LogP contribution in [-0.4, -0.2) is 57.8 Å². The van der Waals surface area contributed by atoms with E-state index >= 15 is 0 Å². The third-order valence-corrected chi connectivity index (χ3v) is 5.72. The maximum atomic E-state index is 12.2. The molecule has 1 N–H and O–H groups in total. The van der Waals surface area contributed by atoms with Crippen LogP contribution in [0, 0.1) is 0 Å². The summed E-state index contributed by atoms with van der Waals surface area (Å²) >= 11 is 0. The molecular weight excluding hydrogens is 376 g/mol. The lowest BCUT2D eigenvalue weighted by molar-refractivity contribution is -0.121. The zero-order chi connectivity index (χ0) is 21.1. The lowest BCUT2D eigenvalue weighted by Gasteiger charge is -2.32. The number of hydrogen-bond acceptors (Lipinski definition) is 5. The third-order valence-electron chi connectivity index (χ3n) is 5.72. The first kappa shape index (κ1) is 20.5. The average Bonchev–Trinajstić information content (AvgIpc) is 3.08. The molecular formula is C23H30N6O. The number of carbonyl (C=O) groups is 1. The van der Waals surface area contributed by atoms with Crippen molar-refractivity contribution in [2.45, 2.75) is 38.4 Å². The number of carbonyl (C=O) groups excluding carboxylic acids is 1. The highest BCUT2D eigenvalue weighted by molar-refractivity contribution is 5.77. The molecule has 0 aliphatic heterocycles. The summed E-state index contributed by atoms with van der Waals surface area (Å²) in [5, 5.41) is 3.05. The first-order valence-electron chi connectivity index (χ1n) is 10.5. The minimum absolute atomic E-state index is 0.00981. The summed E-state index contributed by atoms with van der Waals surface area (Å²) in [5.74, 6) is 0.00981. The number of hydrogen-bond donors (Lipinski definition) is 1. The normalized spacial score (nSPS) is 16.2. The molecule has 0 unspecified atom stereocenters. The molecule has 3 aromatic rings. The Kier molecular flexibility index (Phi) is 6.11. The van der Waals surface area contributed by atoms with E-state index in [0.717, 1.165) is 29.9 Å². The van der Waals surface area contributed by atoms with Crippen LogP contribution in [0.2, 0.25) is 0 Å². The van der Waals surface area contributed by atoms with Crippen molar-refractivity contribution in [2.24, 2.45) is 0 Å². The molecule has 3 heterocycles. The molecule has 1 aliphatic carbocycles. The highest BCUT2D eigenvalue weighted by Gasteiger charge is 2.26. The fraction of sp³-hybridized carbons (Fsp3) is 0.435. The van der Waals surface area contributed by atoms with Gasteiger partial charge in [-0.1, -0.05) is 12.1 Å². The molecule has 4 rings (SSSR count). The largest absolute Gasteiger partial charge is 0.349 e. The van der Waals surface area contributed by atoms with Crippen molar-refractivity contribution >= 4 is 11.6 Å². The Morgan fingerprint density at radius 1 is 1.23 bits per heavy atom. The lowest BCUT2D eigenvalue weighted by Crippen LogP contribution is -2.33. The van der Waals surface area contributed by atoms with E-state index in [2.05, 4.69) is 32.7 Å². The highest BCUT2D eigenvalue weighted by atomic mass is 16.2. The van der Waals surface area contributed by atoms with E-state index in [1.807, 2.05) is 55.7 Å². The summed E-state index contributed by atoms with van der Waals surface area (Å²) in [6.45, 7) is 1.54. The second kappa shape index (κ2) is 8.93. The minimum atomic E-state index is 0.00981. The van der Waals surface area contributed by atoms with Crippen molar-refractivity contribution in [3.05, 3.63) is 65.4 Å². The van der Waals surface area contributed by atoms with Crippen LogP contribution in [0.3, 0.4) is 0 Å². The van der Waals surface area contributed by atoms with Gasteiger partial charge in [0.1, 0.15) is 5.65 Å². The van der Waals surface area contributed by atoms with Crippen LogP contribution in [-0.2, 0) is 24.3 Å². The smallest absolute Gasteiger partial charge is 0.234 e. The Bertz CT molecular complexity index is 1030. The second-order valence-electron chi connectivity index (χ2n) is 8.32. The van der Waals surface area contributed by atoms with Crippen molar-refractivity contribution in [1.29, 1.82) is 0 Å². The van der Waals surface area contributed by atoms with E-state index in [4.69, 9.17) is 4.98 Å². The Balaban J connectivity index is 1.57. The molecule has 0 radical (unpaired) electrons. The first-order chi connectivity index (χ1) is 14.5. The van der Waals surface area contributed by atoms with Crippen molar-refractivity contribution in [3.63, 3.8) is 0 Å². The molecule has 0 bridgehead atoms. The topological polar surface area (TPSA) is 65.8 Å². The summed E-state index contributed by atoms with van der Waals surface area (Å²) in [7, 11) is 5.93. The van der Waals surface area contributed by atoms with Gasteiger partial charge >= 0.3 is 0 Å². The number of aryl methyl sites for hydroxylation is 1. The van der Waals surface area contributed by atoms with E-state index < -0.39 is 0 Å². The number of nitrogens with one attached hydrogen (secondary N) is 1. The number of aromatic nitrogens is 3. The molecule has 0 fully saturated rings. The molecule has 0 spiro atoms. The maximum Gasteiger partial charge on any atom is 0.234 e. The third kappa shape index (κ3) is 4.37. The number of rotatable bonds is 7. The van der Waals surface area contributed by atoms with Gasteiger partial charge in [0.2, 0.25) is 5.91 Å². The fourth-order valence-electron chi connectivity index (χ4n) is 4.29. The minimum Gasteiger partial charge on any atom is -0.349 e. The van der Waals surface area contributed by atoms with Crippen LogP contribution in [0.1, 0.15) is 41.5 Å². The molecule has 3 aromatic heterocycles. The summed E-state index contributed by atoms with van der Waals surface area (Å²) < 4.78 is 2.08. The standard InChI is InChI=1S/C23H30N6O/c1-27(2)16-22(30)25-14-20-18(26-21-11-4-5-13-29(20)21)15-28(3)19-10-6-8-17-9-7-12-24-23(17)19/h4-5,7,9,11-13,19H,6,8,10,14-16H2,1-3H3,(H,25,30)/t19-/m0/s1. The van der Waals surface area contributed by atoms with Crippen LogP contribution in [0.15, 0.2) is 42.7 Å². The van der Waals surface area contributed by atoms with E-state index in [0.29, 0.717) is 19.6 Å². The van der Waals surface area contributed by atoms with Crippen LogP contribution in [0.5, 0.6) is 0 Å². The molecule has 158 valence electrons. The Hall–Kier alpha value is -2.77. The highest BCUT2D eigenvalue weighted by Crippen LogP contribution is 2.33. The van der Waals surface area contributed by atoms with Gasteiger partial charge in [-0.05, 0) is 64.2 Å². The molecule has 7 heteroatoms. The van der Waals surface area contributed by atoms with E-state index in [-0.39, 0.29) is 11.9 Å². The molecule has 1 atom stereocenters. The molecule has 7 nitrogen and oxygen atoms in total. The van der Waals surface area contributed by atoms with Crippen molar-refractivity contribution in [2.75, 3.05) is 27.7 Å². The molecule has 0 saturated carbocycles. The summed E-state index contributed by atoms with van der Waals surface area (Å²) in [4.78, 5) is 26.0. The van der Waals surface area contributed by atoms with Crippen LogP contribution in [0.4, 0.5) is 0 Å². The number of fused-ring (bicyclic) bond motifs is 2. The van der Waals surface area contributed by atoms with Crippen LogP contribution < -0.4 is 5.32 Å². The van der Waals surface area contributed by atoms with E-state index in [9.17, 15) is 4.79 Å². The number of likely N-dealkylation sites (N-methyl/N-ethyl adjacent to an activating group) is 1. The van der Waals surface area contributed by atoms with Gasteiger partial charge in [0.15, 0.2) is 0 Å². The summed E-state index contributed by atoms with van der Waals surface area (Å²) in [5.41, 5.74) is 5.47. The Labute approximate surface area is 177 Å². The predicted molar refractivity (Wildman–Crippen MR) is 117 cm³/mol. The monoisotopic (exact) mass is 406 g/mol. The van der Waals surface area contributed by atoms with Gasteiger partial charge in [-0.15, -0.1) is 0 Å². The first-order valence-corrected chi connectivity index (χ1v) is 10.5. The fourth-order valence-corrected chi connectivity index (χ4v) is 4.29. The zero-order valence-corrected chi connectivity index (χ0v) is 18.0. The number of nitrogens with zero attached hydrogens (tertiary/aromatic N) is 5. The molecule has 1 amide bonds. The summed E-state index contributed by atoms with van der Waals surface area (Å²) in [6, 6.07) is 10.5. The summed E-state index contributed by atoms with van der Waals surface area (Å²) in [6.07, 6.45) is 7.28. The zero-order valence-electron chi connectivity index (χ0n) is 18.0. The predicted octanol–water partition coefficient (Wildman–Crippen LogP) is 2.42. The van der Waals surface area contributed by atoms with Gasteiger partial charge in [0.05, 0.1) is 36.2 Å². The van der Waals surface area contributed by atoms with Gasteiger partial charge in [-0.3, -0.25) is 14.7 Å². The number of amides is 1. The van der Waals surface area contributed by atoms with Crippen molar-refractivity contribution in [3.8, 4) is 0 Å². The van der Waals surface area contributed by atoms with Crippen LogP contribution >= 0.6 is 0 Å². The van der Waals surface area contributed by atoms with E-state index in [1.54, 1.807) is 0 Å². The Morgan fingerprint density at radius 3 is 2.93 bits per heavy atom. The average molecular weight is 407 g/mol. The van der Waals surface area contributed by atoms with Crippen molar-refractivity contribution in [1.82, 2.24) is 29.5 Å². The SMILES string of the molecule is CN(C)CC(=O)NCc1c(CN(C)[C@H]2CCCc3cccnc32)nc2ccccn12. The van der Waals surface area contributed by atoms with Crippen LogP contribution in [0.25, 0.3) is 5.65 Å². The molecule has 1 aliphatic rings. The Morgan fingerprint density at radius 2 is 2.10 bits per heavy atom. The van der Waals surface area contributed by atoms with Gasteiger partial charge < -0.3 is 14.6 Å². The maximum absolute atomic E-state index is 12.2. The molecule has 0 saturated heterocycles. The van der Waals surface area contributed by atoms with Gasteiger partial charge in [-0.25, -0.2) is 4.98 Å². The molecule has 30 heavy (non-hydrogen) atoms.